The maximum absolute atomic E-state index is 11.5. The van der Waals surface area contributed by atoms with E-state index >= 15 is 0 Å². The summed E-state index contributed by atoms with van der Waals surface area (Å²) in [5, 5.41) is 3.11. The second kappa shape index (κ2) is 9.37. The van der Waals surface area contributed by atoms with Gasteiger partial charge in [0.15, 0.2) is 5.96 Å². The fourth-order valence-electron chi connectivity index (χ4n) is 3.52. The molecule has 1 aliphatic heterocycles. The molecular formula is C22H29N5O. The Morgan fingerprint density at radius 3 is 2.68 bits per heavy atom. The Hall–Kier alpha value is -2.86. The van der Waals surface area contributed by atoms with E-state index in [0.29, 0.717) is 12.5 Å². The van der Waals surface area contributed by atoms with Gasteiger partial charge in [0.1, 0.15) is 0 Å². The van der Waals surface area contributed by atoms with Gasteiger partial charge < -0.3 is 16.8 Å². The van der Waals surface area contributed by atoms with Crippen molar-refractivity contribution in [3.63, 3.8) is 0 Å². The van der Waals surface area contributed by atoms with Crippen LogP contribution in [0.25, 0.3) is 0 Å². The number of aryl methyl sites for hydroxylation is 1. The van der Waals surface area contributed by atoms with E-state index in [-0.39, 0.29) is 11.8 Å². The summed E-state index contributed by atoms with van der Waals surface area (Å²) in [5.41, 5.74) is 15.9. The number of amides is 1. The van der Waals surface area contributed by atoms with E-state index in [1.54, 1.807) is 0 Å². The van der Waals surface area contributed by atoms with Crippen LogP contribution in [0.3, 0.4) is 0 Å². The summed E-state index contributed by atoms with van der Waals surface area (Å²) in [6.07, 6.45) is 1.91. The molecule has 148 valence electrons. The highest BCUT2D eigenvalue weighted by Gasteiger charge is 2.23. The summed E-state index contributed by atoms with van der Waals surface area (Å²) in [6.45, 7) is 5.12. The van der Waals surface area contributed by atoms with Gasteiger partial charge in [0.2, 0.25) is 5.91 Å². The number of aliphatic imine (C=N–C) groups is 1. The van der Waals surface area contributed by atoms with Gasteiger partial charge in [-0.25, -0.2) is 4.99 Å². The molecule has 0 aromatic heterocycles. The minimum atomic E-state index is -0.190. The van der Waals surface area contributed by atoms with E-state index in [2.05, 4.69) is 33.4 Å². The van der Waals surface area contributed by atoms with Gasteiger partial charge in [-0.1, -0.05) is 42.0 Å². The number of nitrogens with two attached hydrogens (primary N) is 2. The Bertz CT molecular complexity index is 831. The third-order valence-corrected chi connectivity index (χ3v) is 5.06. The molecule has 6 nitrogen and oxygen atoms in total. The predicted molar refractivity (Wildman–Crippen MR) is 114 cm³/mol. The van der Waals surface area contributed by atoms with Crippen molar-refractivity contribution < 1.29 is 4.79 Å². The summed E-state index contributed by atoms with van der Waals surface area (Å²) in [7, 11) is 0. The second-order valence-corrected chi connectivity index (χ2v) is 7.49. The first kappa shape index (κ1) is 19.9. The van der Waals surface area contributed by atoms with Crippen LogP contribution in [0.4, 0.5) is 5.69 Å². The van der Waals surface area contributed by atoms with E-state index in [1.807, 2.05) is 37.3 Å². The largest absolute Gasteiger partial charge is 0.370 e. The van der Waals surface area contributed by atoms with Crippen molar-refractivity contribution in [2.45, 2.75) is 32.9 Å². The van der Waals surface area contributed by atoms with E-state index in [4.69, 9.17) is 11.5 Å². The molecule has 1 atom stereocenters. The molecule has 5 N–H and O–H groups in total. The maximum Gasteiger partial charge on any atom is 0.221 e. The molecule has 0 spiro atoms. The number of benzene rings is 2. The van der Waals surface area contributed by atoms with Crippen molar-refractivity contribution in [2.75, 3.05) is 18.4 Å². The van der Waals surface area contributed by atoms with E-state index in [0.717, 1.165) is 43.7 Å². The lowest BCUT2D eigenvalue weighted by Crippen LogP contribution is -2.40. The van der Waals surface area contributed by atoms with Gasteiger partial charge >= 0.3 is 0 Å². The molecule has 1 heterocycles. The summed E-state index contributed by atoms with van der Waals surface area (Å²) in [4.78, 5) is 18.2. The number of nitrogens with zero attached hydrogens (tertiary/aromatic N) is 2. The van der Waals surface area contributed by atoms with Gasteiger partial charge in [0, 0.05) is 18.8 Å². The van der Waals surface area contributed by atoms with Gasteiger partial charge in [-0.3, -0.25) is 9.69 Å². The molecule has 6 heteroatoms. The van der Waals surface area contributed by atoms with Gasteiger partial charge in [-0.2, -0.15) is 0 Å². The van der Waals surface area contributed by atoms with Crippen LogP contribution in [0.1, 0.15) is 29.5 Å². The average molecular weight is 380 g/mol. The number of hydrogen-bond acceptors (Lipinski definition) is 3. The first-order valence-corrected chi connectivity index (χ1v) is 9.73. The zero-order chi connectivity index (χ0) is 19.9. The summed E-state index contributed by atoms with van der Waals surface area (Å²) < 4.78 is 0. The van der Waals surface area contributed by atoms with Crippen LogP contribution < -0.4 is 16.8 Å². The number of primary amides is 1. The third kappa shape index (κ3) is 5.82. The normalized spacial score (nSPS) is 18.0. The number of anilines is 1. The Kier molecular flexibility index (Phi) is 6.66. The van der Waals surface area contributed by atoms with Crippen molar-refractivity contribution in [3.05, 3.63) is 65.2 Å². The average Bonchev–Trinajstić information content (AvgIpc) is 2.69. The maximum atomic E-state index is 11.5. The monoisotopic (exact) mass is 379 g/mol. The molecule has 1 fully saturated rings. The number of hydrogen-bond donors (Lipinski definition) is 3. The number of carbonyl (C=O) groups excluding carboxylic acids is 1. The molecule has 3 rings (SSSR count). The third-order valence-electron chi connectivity index (χ3n) is 5.06. The number of carbonyl (C=O) groups is 1. The van der Waals surface area contributed by atoms with Crippen LogP contribution in [0, 0.1) is 12.8 Å². The highest BCUT2D eigenvalue weighted by molar-refractivity contribution is 5.92. The van der Waals surface area contributed by atoms with Crippen LogP contribution in [-0.2, 0) is 17.9 Å². The molecule has 0 bridgehead atoms. The quantitative estimate of drug-likeness (QED) is 0.531. The van der Waals surface area contributed by atoms with Crippen molar-refractivity contribution in [2.24, 2.45) is 22.4 Å². The number of likely N-dealkylation sites (tertiary alicyclic amines) is 1. The number of piperidine rings is 1. The highest BCUT2D eigenvalue weighted by Crippen LogP contribution is 2.19. The lowest BCUT2D eigenvalue weighted by Gasteiger charge is -2.31. The van der Waals surface area contributed by atoms with Crippen LogP contribution in [0.2, 0.25) is 0 Å². The fourth-order valence-corrected chi connectivity index (χ4v) is 3.52. The Morgan fingerprint density at radius 1 is 1.18 bits per heavy atom. The SMILES string of the molecule is Cc1ccc(NC(N)=NCc2cccc(CN3CCCC(C(N)=O)C3)c2)cc1. The molecule has 0 radical (unpaired) electrons. The molecule has 2 aromatic rings. The van der Waals surface area contributed by atoms with Gasteiger partial charge in [-0.15, -0.1) is 0 Å². The number of guanidine groups is 1. The minimum Gasteiger partial charge on any atom is -0.370 e. The Balaban J connectivity index is 1.56. The zero-order valence-electron chi connectivity index (χ0n) is 16.4. The van der Waals surface area contributed by atoms with Crippen LogP contribution in [0.15, 0.2) is 53.5 Å². The van der Waals surface area contributed by atoms with Crippen LogP contribution in [-0.4, -0.2) is 29.9 Å². The van der Waals surface area contributed by atoms with Gasteiger partial charge in [0.05, 0.1) is 12.5 Å². The first-order valence-electron chi connectivity index (χ1n) is 9.73. The minimum absolute atomic E-state index is 0.0332. The summed E-state index contributed by atoms with van der Waals surface area (Å²) in [6, 6.07) is 16.4. The lowest BCUT2D eigenvalue weighted by molar-refractivity contribution is -0.123. The molecule has 1 saturated heterocycles. The second-order valence-electron chi connectivity index (χ2n) is 7.49. The topological polar surface area (TPSA) is 96.7 Å². The summed E-state index contributed by atoms with van der Waals surface area (Å²) >= 11 is 0. The Labute approximate surface area is 166 Å². The molecule has 28 heavy (non-hydrogen) atoms. The molecule has 0 saturated carbocycles. The van der Waals surface area contributed by atoms with E-state index in [1.165, 1.54) is 11.1 Å². The molecule has 1 aliphatic rings. The number of nitrogens with one attached hydrogen (secondary N) is 1. The van der Waals surface area contributed by atoms with Crippen LogP contribution in [0.5, 0.6) is 0 Å². The number of rotatable bonds is 6. The van der Waals surface area contributed by atoms with Gasteiger partial charge in [-0.05, 0) is 49.6 Å². The highest BCUT2D eigenvalue weighted by atomic mass is 16.1. The smallest absolute Gasteiger partial charge is 0.221 e. The van der Waals surface area contributed by atoms with Crippen molar-refractivity contribution >= 4 is 17.6 Å². The first-order chi connectivity index (χ1) is 13.5. The summed E-state index contributed by atoms with van der Waals surface area (Å²) in [5.74, 6) is 0.174. The van der Waals surface area contributed by atoms with E-state index in [9.17, 15) is 4.79 Å². The Morgan fingerprint density at radius 2 is 1.93 bits per heavy atom. The molecule has 2 aromatic carbocycles. The predicted octanol–water partition coefficient (Wildman–Crippen LogP) is 2.62. The molecular weight excluding hydrogens is 350 g/mol. The van der Waals surface area contributed by atoms with Crippen LogP contribution >= 0.6 is 0 Å². The molecule has 1 unspecified atom stereocenters. The van der Waals surface area contributed by atoms with E-state index < -0.39 is 0 Å². The van der Waals surface area contributed by atoms with Crippen molar-refractivity contribution in [1.29, 1.82) is 0 Å². The van der Waals surface area contributed by atoms with Crippen molar-refractivity contribution in [3.8, 4) is 0 Å². The standard InChI is InChI=1S/C22H29N5O/c1-16-7-9-20(10-8-16)26-22(24)25-13-17-4-2-5-18(12-17)14-27-11-3-6-19(15-27)21(23)28/h2,4-5,7-10,12,19H,3,6,11,13-15H2,1H3,(H2,23,28)(H3,24,25,26). The zero-order valence-corrected chi connectivity index (χ0v) is 16.4. The molecule has 1 amide bonds. The van der Waals surface area contributed by atoms with Crippen molar-refractivity contribution in [1.82, 2.24) is 4.90 Å². The molecule has 0 aliphatic carbocycles. The fraction of sp³-hybridized carbons (Fsp3) is 0.364. The lowest BCUT2D eigenvalue weighted by atomic mass is 9.97. The van der Waals surface area contributed by atoms with Gasteiger partial charge in [0.25, 0.3) is 0 Å².